The largest absolute Gasteiger partial charge is 0.431 e. The summed E-state index contributed by atoms with van der Waals surface area (Å²) in [4.78, 5) is 0.953. The number of hydrogen-bond acceptors (Lipinski definition) is 1. The van der Waals surface area contributed by atoms with E-state index >= 15 is 0 Å². The van der Waals surface area contributed by atoms with Crippen LogP contribution in [0.15, 0.2) is 11.3 Å². The van der Waals surface area contributed by atoms with E-state index in [1.54, 1.807) is 0 Å². The van der Waals surface area contributed by atoms with E-state index in [1.807, 2.05) is 0 Å². The van der Waals surface area contributed by atoms with Gasteiger partial charge in [0.1, 0.15) is 5.70 Å². The Bertz CT molecular complexity index is 269. The Morgan fingerprint density at radius 1 is 1.46 bits per heavy atom. The minimum Gasteiger partial charge on any atom is -0.358 e. The Labute approximate surface area is 79.4 Å². The van der Waals surface area contributed by atoms with E-state index in [0.29, 0.717) is 0 Å². The first-order valence-electron chi connectivity index (χ1n) is 3.62. The van der Waals surface area contributed by atoms with Crippen LogP contribution < -0.4 is 5.32 Å². The Balaban J connectivity index is 3.09. The molecule has 0 atom stereocenters. The van der Waals surface area contributed by atoms with Crippen molar-refractivity contribution in [2.24, 2.45) is 0 Å². The number of nitrogens with one attached hydrogen (secondary N) is 1. The molecule has 0 amide bonds. The van der Waals surface area contributed by atoms with Crippen molar-refractivity contribution in [3.8, 4) is 0 Å². The topological polar surface area (TPSA) is 15.3 Å². The van der Waals surface area contributed by atoms with E-state index in [1.165, 1.54) is 14.0 Å². The molecule has 1 aliphatic heterocycles. The van der Waals surface area contributed by atoms with Gasteiger partial charge in [-0.05, 0) is 24.7 Å². The molecule has 1 heterocycles. The van der Waals surface area contributed by atoms with Crippen molar-refractivity contribution in [3.63, 3.8) is 0 Å². The maximum atomic E-state index is 12.4. The van der Waals surface area contributed by atoms with Gasteiger partial charge in [0.05, 0.1) is 0 Å². The second-order valence-electron chi connectivity index (χ2n) is 2.84. The van der Waals surface area contributed by atoms with Crippen LogP contribution in [0.1, 0.15) is 6.92 Å². The predicted molar refractivity (Wildman–Crippen MR) is 47.1 cm³/mol. The lowest BCUT2D eigenvalue weighted by molar-refractivity contribution is -0.106. The second-order valence-corrected chi connectivity index (χ2v) is 3.23. The third kappa shape index (κ3) is 1.93. The van der Waals surface area contributed by atoms with Crippen LogP contribution in [0.4, 0.5) is 13.2 Å². The molecule has 0 saturated heterocycles. The summed E-state index contributed by atoms with van der Waals surface area (Å²) < 4.78 is 37.3. The summed E-state index contributed by atoms with van der Waals surface area (Å²) in [5.74, 6) is 0. The van der Waals surface area contributed by atoms with Crippen molar-refractivity contribution < 1.29 is 13.2 Å². The molecule has 1 aliphatic rings. The molecule has 6 heteroatoms. The van der Waals surface area contributed by atoms with E-state index in [9.17, 15) is 13.2 Å². The summed E-state index contributed by atoms with van der Waals surface area (Å²) in [6.07, 6.45) is -4.33. The van der Waals surface area contributed by atoms with Gasteiger partial charge < -0.3 is 10.2 Å². The number of thiocarbonyl (C=S) groups is 1. The van der Waals surface area contributed by atoms with Gasteiger partial charge >= 0.3 is 6.18 Å². The van der Waals surface area contributed by atoms with Crippen LogP contribution in [0.2, 0.25) is 0 Å². The van der Waals surface area contributed by atoms with Crippen LogP contribution in [0.5, 0.6) is 0 Å². The van der Waals surface area contributed by atoms with E-state index in [4.69, 9.17) is 12.2 Å². The van der Waals surface area contributed by atoms with Crippen LogP contribution in [0.3, 0.4) is 0 Å². The molecule has 2 nitrogen and oxygen atoms in total. The lowest BCUT2D eigenvalue weighted by atomic mass is 10.2. The zero-order valence-electron chi connectivity index (χ0n) is 7.20. The van der Waals surface area contributed by atoms with Crippen LogP contribution in [0, 0.1) is 0 Å². The molecule has 0 unspecified atom stereocenters. The SMILES string of the molecule is CC1=C(C(F)(F)F)N(C)C(=S)NC1. The summed E-state index contributed by atoms with van der Waals surface area (Å²) in [5.41, 5.74) is -0.403. The first-order valence-corrected chi connectivity index (χ1v) is 4.03. The van der Waals surface area contributed by atoms with Crippen LogP contribution in [-0.4, -0.2) is 29.8 Å². The predicted octanol–water partition coefficient (Wildman–Crippen LogP) is 1.64. The highest BCUT2D eigenvalue weighted by atomic mass is 32.1. The van der Waals surface area contributed by atoms with Crippen molar-refractivity contribution in [2.45, 2.75) is 13.1 Å². The maximum absolute atomic E-state index is 12.4. The summed E-state index contributed by atoms with van der Waals surface area (Å²) in [6.45, 7) is 1.60. The second kappa shape index (κ2) is 3.17. The zero-order valence-corrected chi connectivity index (χ0v) is 8.01. The van der Waals surface area contributed by atoms with Crippen LogP contribution in [-0.2, 0) is 0 Å². The molecule has 0 bridgehead atoms. The molecule has 0 saturated carbocycles. The molecule has 0 aromatic heterocycles. The lowest BCUT2D eigenvalue weighted by Crippen LogP contribution is -2.46. The van der Waals surface area contributed by atoms with Gasteiger partial charge in [-0.25, -0.2) is 0 Å². The number of rotatable bonds is 0. The van der Waals surface area contributed by atoms with Crippen molar-refractivity contribution in [3.05, 3.63) is 11.3 Å². The maximum Gasteiger partial charge on any atom is 0.431 e. The Morgan fingerprint density at radius 2 is 2.00 bits per heavy atom. The molecule has 0 radical (unpaired) electrons. The van der Waals surface area contributed by atoms with Gasteiger partial charge in [-0.2, -0.15) is 13.2 Å². The number of halogens is 3. The fourth-order valence-corrected chi connectivity index (χ4v) is 1.39. The van der Waals surface area contributed by atoms with Crippen molar-refractivity contribution in [1.82, 2.24) is 10.2 Å². The highest BCUT2D eigenvalue weighted by molar-refractivity contribution is 7.80. The number of alkyl halides is 3. The fourth-order valence-electron chi connectivity index (χ4n) is 1.23. The Hall–Kier alpha value is -0.780. The smallest absolute Gasteiger partial charge is 0.358 e. The highest BCUT2D eigenvalue weighted by Gasteiger charge is 2.40. The quantitative estimate of drug-likeness (QED) is 0.612. The van der Waals surface area contributed by atoms with Crippen molar-refractivity contribution in [1.29, 1.82) is 0 Å². The minimum atomic E-state index is -4.33. The molecule has 1 rings (SSSR count). The monoisotopic (exact) mass is 210 g/mol. The lowest BCUT2D eigenvalue weighted by Gasteiger charge is -2.31. The third-order valence-electron chi connectivity index (χ3n) is 1.82. The van der Waals surface area contributed by atoms with Gasteiger partial charge in [0.25, 0.3) is 0 Å². The van der Waals surface area contributed by atoms with Crippen LogP contribution >= 0.6 is 12.2 Å². The normalized spacial score (nSPS) is 19.2. The van der Waals surface area contributed by atoms with Crippen molar-refractivity contribution in [2.75, 3.05) is 13.6 Å². The summed E-state index contributed by atoms with van der Waals surface area (Å²) in [5, 5.41) is 2.79. The van der Waals surface area contributed by atoms with E-state index < -0.39 is 11.9 Å². The number of allylic oxidation sites excluding steroid dienone is 1. The average Bonchev–Trinajstić information content (AvgIpc) is 1.95. The highest BCUT2D eigenvalue weighted by Crippen LogP contribution is 2.31. The van der Waals surface area contributed by atoms with Gasteiger partial charge in [-0.3, -0.25) is 0 Å². The first kappa shape index (κ1) is 10.3. The number of hydrogen-bond donors (Lipinski definition) is 1. The van der Waals surface area contributed by atoms with Crippen molar-refractivity contribution >= 4 is 17.3 Å². The van der Waals surface area contributed by atoms with Gasteiger partial charge in [-0.15, -0.1) is 0 Å². The molecule has 13 heavy (non-hydrogen) atoms. The number of nitrogens with zero attached hydrogens (tertiary/aromatic N) is 1. The van der Waals surface area contributed by atoms with E-state index in [-0.39, 0.29) is 17.2 Å². The summed E-state index contributed by atoms with van der Waals surface area (Å²) >= 11 is 4.71. The zero-order chi connectivity index (χ0) is 10.2. The average molecular weight is 210 g/mol. The molecule has 0 fully saturated rings. The summed E-state index contributed by atoms with van der Waals surface area (Å²) in [7, 11) is 1.31. The van der Waals surface area contributed by atoms with Gasteiger partial charge in [-0.1, -0.05) is 0 Å². The van der Waals surface area contributed by atoms with Gasteiger partial charge in [0.15, 0.2) is 5.11 Å². The Morgan fingerprint density at radius 3 is 2.38 bits per heavy atom. The molecule has 74 valence electrons. The molecule has 0 aromatic carbocycles. The molecule has 0 aliphatic carbocycles. The minimum absolute atomic E-state index is 0.109. The molecule has 0 spiro atoms. The summed E-state index contributed by atoms with van der Waals surface area (Å²) in [6, 6.07) is 0. The molecular weight excluding hydrogens is 201 g/mol. The van der Waals surface area contributed by atoms with Gasteiger partial charge in [0.2, 0.25) is 0 Å². The first-order chi connectivity index (χ1) is 5.84. The fraction of sp³-hybridized carbons (Fsp3) is 0.571. The van der Waals surface area contributed by atoms with E-state index in [0.717, 1.165) is 4.90 Å². The molecule has 1 N–H and O–H groups in total. The van der Waals surface area contributed by atoms with Crippen LogP contribution in [0.25, 0.3) is 0 Å². The molecular formula is C7H9F3N2S. The Kier molecular flexibility index (Phi) is 2.51. The van der Waals surface area contributed by atoms with Gasteiger partial charge in [0, 0.05) is 13.6 Å². The third-order valence-corrected chi connectivity index (χ3v) is 2.24. The van der Waals surface area contributed by atoms with E-state index in [2.05, 4.69) is 5.32 Å². The standard InChI is InChI=1S/C7H9F3N2S/c1-4-3-11-6(13)12(2)5(4)7(8,9)10/h3H2,1-2H3,(H,11,13). The molecule has 0 aromatic rings.